The van der Waals surface area contributed by atoms with E-state index >= 15 is 0 Å². The highest BCUT2D eigenvalue weighted by Gasteiger charge is 2.13. The average molecular weight is 358 g/mol. The molecule has 0 saturated heterocycles. The minimum Gasteiger partial charge on any atom is -0.331 e. The van der Waals surface area contributed by atoms with Gasteiger partial charge in [0.15, 0.2) is 4.77 Å². The monoisotopic (exact) mass is 357 g/mol. The van der Waals surface area contributed by atoms with Gasteiger partial charge in [-0.15, -0.1) is 0 Å². The van der Waals surface area contributed by atoms with Crippen LogP contribution in [-0.4, -0.2) is 9.55 Å². The maximum atomic E-state index is 9.09. The predicted molar refractivity (Wildman–Crippen MR) is 89.8 cm³/mol. The Morgan fingerprint density at radius 2 is 2.10 bits per heavy atom. The molecule has 0 bridgehead atoms. The quantitative estimate of drug-likeness (QED) is 0.660. The molecule has 0 saturated carbocycles. The van der Waals surface area contributed by atoms with Crippen LogP contribution in [0.2, 0.25) is 0 Å². The lowest BCUT2D eigenvalue weighted by Gasteiger charge is -2.15. The maximum Gasteiger partial charge on any atom is 0.178 e. The second-order valence-corrected chi connectivity index (χ2v) is 6.18. The lowest BCUT2D eigenvalue weighted by atomic mass is 10.1. The molecule has 0 amide bonds. The van der Waals surface area contributed by atoms with Crippen LogP contribution in [0.1, 0.15) is 24.1 Å². The van der Waals surface area contributed by atoms with Crippen LogP contribution >= 0.6 is 28.1 Å². The molecule has 0 aliphatic rings. The van der Waals surface area contributed by atoms with Crippen LogP contribution in [0.15, 0.2) is 46.9 Å². The topological polar surface area (TPSA) is 44.5 Å². The fourth-order valence-electron chi connectivity index (χ4n) is 2.49. The molecule has 2 aromatic carbocycles. The Hall–Kier alpha value is -1.90. The van der Waals surface area contributed by atoms with Crippen molar-refractivity contribution in [3.05, 3.63) is 62.8 Å². The Labute approximate surface area is 136 Å². The zero-order chi connectivity index (χ0) is 15.0. The summed E-state index contributed by atoms with van der Waals surface area (Å²) in [6.07, 6.45) is 0. The number of hydrogen-bond donors (Lipinski definition) is 1. The molecule has 21 heavy (non-hydrogen) atoms. The minimum atomic E-state index is 0.0812. The van der Waals surface area contributed by atoms with Gasteiger partial charge in [0.25, 0.3) is 0 Å². The van der Waals surface area contributed by atoms with Crippen molar-refractivity contribution in [1.82, 2.24) is 9.55 Å². The number of fused-ring (bicyclic) bond motifs is 1. The van der Waals surface area contributed by atoms with Crippen molar-refractivity contribution < 1.29 is 0 Å². The number of benzene rings is 2. The number of halogens is 1. The van der Waals surface area contributed by atoms with Crippen LogP contribution in [0, 0.1) is 16.1 Å². The number of nitrogens with zero attached hydrogens (tertiary/aromatic N) is 2. The van der Waals surface area contributed by atoms with Gasteiger partial charge < -0.3 is 9.55 Å². The smallest absolute Gasteiger partial charge is 0.178 e. The van der Waals surface area contributed by atoms with E-state index in [4.69, 9.17) is 17.5 Å². The molecule has 0 radical (unpaired) electrons. The van der Waals surface area contributed by atoms with Crippen LogP contribution in [0.4, 0.5) is 0 Å². The minimum absolute atomic E-state index is 0.0812. The number of nitrogens with one attached hydrogen (secondary N) is 1. The molecular formula is C16H12BrN3S. The van der Waals surface area contributed by atoms with Gasteiger partial charge in [-0.2, -0.15) is 5.26 Å². The first-order valence-corrected chi connectivity index (χ1v) is 7.70. The molecular weight excluding hydrogens is 346 g/mol. The molecule has 5 heteroatoms. The molecule has 104 valence electrons. The van der Waals surface area contributed by atoms with Crippen LogP contribution in [-0.2, 0) is 0 Å². The highest BCUT2D eigenvalue weighted by atomic mass is 79.9. The Morgan fingerprint density at radius 3 is 2.81 bits per heavy atom. The zero-order valence-electron chi connectivity index (χ0n) is 11.3. The van der Waals surface area contributed by atoms with Gasteiger partial charge in [-0.05, 0) is 55.0 Å². The van der Waals surface area contributed by atoms with E-state index in [0.29, 0.717) is 10.3 Å². The van der Waals surface area contributed by atoms with Gasteiger partial charge in [-0.3, -0.25) is 0 Å². The second-order valence-electron chi connectivity index (χ2n) is 4.87. The normalized spacial score (nSPS) is 12.2. The summed E-state index contributed by atoms with van der Waals surface area (Å²) in [4.78, 5) is 3.20. The Bertz CT molecular complexity index is 917. The van der Waals surface area contributed by atoms with Gasteiger partial charge in [-0.25, -0.2) is 0 Å². The van der Waals surface area contributed by atoms with E-state index in [1.165, 1.54) is 0 Å². The third-order valence-electron chi connectivity index (χ3n) is 3.57. The van der Waals surface area contributed by atoms with Crippen molar-refractivity contribution in [2.75, 3.05) is 0 Å². The van der Waals surface area contributed by atoms with Gasteiger partial charge in [0.05, 0.1) is 28.7 Å². The number of imidazole rings is 1. The predicted octanol–water partition coefficient (Wildman–Crippen LogP) is 4.94. The van der Waals surface area contributed by atoms with Crippen LogP contribution in [0.3, 0.4) is 0 Å². The van der Waals surface area contributed by atoms with E-state index < -0.39 is 0 Å². The molecule has 3 nitrogen and oxygen atoms in total. The molecule has 3 aromatic rings. The first kappa shape index (κ1) is 14.1. The largest absolute Gasteiger partial charge is 0.331 e. The third kappa shape index (κ3) is 2.53. The summed E-state index contributed by atoms with van der Waals surface area (Å²) in [6.45, 7) is 2.10. The van der Waals surface area contributed by atoms with Gasteiger partial charge in [0.2, 0.25) is 0 Å². The highest BCUT2D eigenvalue weighted by Crippen LogP contribution is 2.26. The van der Waals surface area contributed by atoms with E-state index in [1.54, 1.807) is 6.07 Å². The van der Waals surface area contributed by atoms with Crippen LogP contribution < -0.4 is 0 Å². The Kier molecular flexibility index (Phi) is 3.66. The molecule has 1 unspecified atom stereocenters. The van der Waals surface area contributed by atoms with Crippen molar-refractivity contribution in [2.45, 2.75) is 13.0 Å². The fraction of sp³-hybridized carbons (Fsp3) is 0.125. The fourth-order valence-corrected chi connectivity index (χ4v) is 3.27. The van der Waals surface area contributed by atoms with Crippen molar-refractivity contribution in [1.29, 1.82) is 5.26 Å². The van der Waals surface area contributed by atoms with Crippen LogP contribution in [0.25, 0.3) is 11.0 Å². The first-order valence-electron chi connectivity index (χ1n) is 6.50. The average Bonchev–Trinajstić information content (AvgIpc) is 2.81. The zero-order valence-corrected chi connectivity index (χ0v) is 13.7. The number of nitriles is 1. The van der Waals surface area contributed by atoms with Crippen molar-refractivity contribution in [3.8, 4) is 6.07 Å². The summed E-state index contributed by atoms with van der Waals surface area (Å²) in [6, 6.07) is 16.0. The summed E-state index contributed by atoms with van der Waals surface area (Å²) >= 11 is 8.95. The first-order chi connectivity index (χ1) is 10.1. The van der Waals surface area contributed by atoms with Gasteiger partial charge >= 0.3 is 0 Å². The number of rotatable bonds is 2. The second kappa shape index (κ2) is 5.47. The number of H-pyrrole nitrogens is 1. The third-order valence-corrected chi connectivity index (χ3v) is 4.36. The van der Waals surface area contributed by atoms with E-state index in [2.05, 4.69) is 46.0 Å². The highest BCUT2D eigenvalue weighted by molar-refractivity contribution is 9.10. The summed E-state index contributed by atoms with van der Waals surface area (Å²) < 4.78 is 3.75. The van der Waals surface area contributed by atoms with E-state index in [1.807, 2.05) is 28.8 Å². The Balaban J connectivity index is 2.22. The Morgan fingerprint density at radius 1 is 1.29 bits per heavy atom. The number of aromatic nitrogens is 2. The molecule has 0 fully saturated rings. The maximum absolute atomic E-state index is 9.09. The molecule has 3 rings (SSSR count). The number of hydrogen-bond acceptors (Lipinski definition) is 2. The summed E-state index contributed by atoms with van der Waals surface area (Å²) in [5.74, 6) is 0. The van der Waals surface area contributed by atoms with Crippen molar-refractivity contribution in [2.24, 2.45) is 0 Å². The van der Waals surface area contributed by atoms with Gasteiger partial charge in [-0.1, -0.05) is 28.1 Å². The van der Waals surface area contributed by atoms with Gasteiger partial charge in [0.1, 0.15) is 0 Å². The van der Waals surface area contributed by atoms with Gasteiger partial charge in [0, 0.05) is 4.47 Å². The molecule has 1 atom stereocenters. The van der Waals surface area contributed by atoms with E-state index in [0.717, 1.165) is 21.1 Å². The van der Waals surface area contributed by atoms with Crippen LogP contribution in [0.5, 0.6) is 0 Å². The lowest BCUT2D eigenvalue weighted by Crippen LogP contribution is -2.06. The molecule has 0 aliphatic carbocycles. The van der Waals surface area contributed by atoms with Crippen molar-refractivity contribution in [3.63, 3.8) is 0 Å². The standard InChI is InChI=1S/C16H12BrN3S/c1-10(12-3-2-4-13(17)8-12)20-15-7-11(9-18)5-6-14(15)19-16(20)21/h2-8,10H,1H3,(H,19,21). The van der Waals surface area contributed by atoms with E-state index in [9.17, 15) is 0 Å². The molecule has 1 heterocycles. The summed E-state index contributed by atoms with van der Waals surface area (Å²) in [5.41, 5.74) is 3.68. The van der Waals surface area contributed by atoms with Crippen molar-refractivity contribution >= 4 is 39.2 Å². The van der Waals surface area contributed by atoms with E-state index in [-0.39, 0.29) is 6.04 Å². The molecule has 0 spiro atoms. The molecule has 0 aliphatic heterocycles. The number of aromatic amines is 1. The molecule has 1 N–H and O–H groups in total. The lowest BCUT2D eigenvalue weighted by molar-refractivity contribution is 0.649. The summed E-state index contributed by atoms with van der Waals surface area (Å²) in [7, 11) is 0. The molecule has 1 aromatic heterocycles. The summed E-state index contributed by atoms with van der Waals surface area (Å²) in [5, 5.41) is 9.09. The SMILES string of the molecule is CC(c1cccc(Br)c1)n1c(=S)[nH]c2ccc(C#N)cc21.